The minimum absolute atomic E-state index is 0.0160. The van der Waals surface area contributed by atoms with Gasteiger partial charge < -0.3 is 14.7 Å². The number of hydrogen-bond donors (Lipinski definition) is 0. The highest BCUT2D eigenvalue weighted by molar-refractivity contribution is 8.14. The zero-order valence-corrected chi connectivity index (χ0v) is 34.7. The average molecular weight is 790 g/mol. The Morgan fingerprint density at radius 2 is 1.11 bits per heavy atom. The van der Waals surface area contributed by atoms with Gasteiger partial charge in [-0.2, -0.15) is 0 Å². The van der Waals surface area contributed by atoms with Crippen molar-refractivity contribution in [1.29, 1.82) is 0 Å². The molecule has 0 aromatic carbocycles. The van der Waals surface area contributed by atoms with Gasteiger partial charge in [-0.3, -0.25) is 14.4 Å². The van der Waals surface area contributed by atoms with E-state index >= 15 is 0 Å². The van der Waals surface area contributed by atoms with E-state index in [9.17, 15) is 14.4 Å². The number of thioether (sulfide) groups is 3. The predicted molar refractivity (Wildman–Crippen MR) is 207 cm³/mol. The van der Waals surface area contributed by atoms with Crippen LogP contribution in [0.1, 0.15) is 101 Å². The summed E-state index contributed by atoms with van der Waals surface area (Å²) < 4.78 is 0.0163. The standard InChI is InChI=1S/C11H21NOS.C10H16Cl3NOS.C10H17Cl2NOS/c1-3-12(11(13)14-4-2)10-8-6-5-7-9-10;1-6(2)14(7(3)4)10(15)16-5-8(11)9(12)13;1-7(2)13(8(3)4)10(14)15-6-9(12)5-11/h10H,3-9H2,1-2H3;6-7H,5H2,1-4H3;5,7-8H,6H2,1-4H3. The Labute approximate surface area is 311 Å². The summed E-state index contributed by atoms with van der Waals surface area (Å²) >= 11 is 31.6. The van der Waals surface area contributed by atoms with Crippen LogP contribution in [0.2, 0.25) is 0 Å². The lowest BCUT2D eigenvalue weighted by atomic mass is 9.94. The summed E-state index contributed by atoms with van der Waals surface area (Å²) in [6.45, 7) is 20.9. The molecule has 0 aromatic rings. The average Bonchev–Trinajstić information content (AvgIpc) is 2.95. The first-order valence-electron chi connectivity index (χ1n) is 15.4. The molecule has 0 aromatic heterocycles. The fourth-order valence-corrected chi connectivity index (χ4v) is 8.02. The van der Waals surface area contributed by atoms with Gasteiger partial charge in [-0.1, -0.05) is 119 Å². The summed E-state index contributed by atoms with van der Waals surface area (Å²) in [6, 6.07) is 1.25. The van der Waals surface area contributed by atoms with Gasteiger partial charge in [0.1, 0.15) is 4.49 Å². The molecule has 1 aliphatic carbocycles. The summed E-state index contributed by atoms with van der Waals surface area (Å²) in [7, 11) is 0. The molecule has 0 spiro atoms. The Bertz CT molecular complexity index is 911. The van der Waals surface area contributed by atoms with Crippen LogP contribution in [0.5, 0.6) is 0 Å². The molecule has 264 valence electrons. The van der Waals surface area contributed by atoms with Crippen LogP contribution in [0.3, 0.4) is 0 Å². The van der Waals surface area contributed by atoms with Gasteiger partial charge in [-0.25, -0.2) is 0 Å². The molecule has 0 aliphatic heterocycles. The van der Waals surface area contributed by atoms with Gasteiger partial charge >= 0.3 is 0 Å². The Kier molecular flexibility index (Phi) is 28.8. The molecule has 6 nitrogen and oxygen atoms in total. The maximum atomic E-state index is 11.9. The Hall–Kier alpha value is 0.390. The van der Waals surface area contributed by atoms with Crippen molar-refractivity contribution < 1.29 is 14.4 Å². The van der Waals surface area contributed by atoms with Crippen molar-refractivity contribution in [3.63, 3.8) is 0 Å². The molecule has 1 fully saturated rings. The molecule has 45 heavy (non-hydrogen) atoms. The number of nitrogens with zero attached hydrogens (tertiary/aromatic N) is 3. The van der Waals surface area contributed by atoms with E-state index in [2.05, 4.69) is 11.8 Å². The minimum Gasteiger partial charge on any atom is -0.331 e. The van der Waals surface area contributed by atoms with Crippen LogP contribution in [0.25, 0.3) is 0 Å². The molecule has 0 saturated heterocycles. The number of carbonyl (C=O) groups excluding carboxylic acids is 3. The van der Waals surface area contributed by atoms with Crippen molar-refractivity contribution in [2.45, 2.75) is 132 Å². The number of carbonyl (C=O) groups is 3. The van der Waals surface area contributed by atoms with Crippen molar-refractivity contribution in [2.75, 3.05) is 23.8 Å². The normalized spacial score (nSPS) is 13.6. The van der Waals surface area contributed by atoms with Gasteiger partial charge in [0.2, 0.25) is 0 Å². The predicted octanol–water partition coefficient (Wildman–Crippen LogP) is 12.6. The lowest BCUT2D eigenvalue weighted by Crippen LogP contribution is -2.39. The summed E-state index contributed by atoms with van der Waals surface area (Å²) in [5.74, 6) is 1.63. The van der Waals surface area contributed by atoms with Crippen molar-refractivity contribution in [2.24, 2.45) is 0 Å². The fourth-order valence-electron chi connectivity index (χ4n) is 4.66. The van der Waals surface area contributed by atoms with Crippen LogP contribution in [-0.4, -0.2) is 84.4 Å². The fraction of sp³-hybridized carbons (Fsp3) is 0.774. The van der Waals surface area contributed by atoms with Crippen LogP contribution in [0, 0.1) is 0 Å². The maximum absolute atomic E-state index is 11.9. The first kappa shape index (κ1) is 47.5. The summed E-state index contributed by atoms with van der Waals surface area (Å²) in [5.41, 5.74) is 1.29. The summed E-state index contributed by atoms with van der Waals surface area (Å²) in [5, 5.41) is 1.09. The molecular formula is C31H54Cl5N3O3S3. The minimum atomic E-state index is -0.0160. The maximum Gasteiger partial charge on any atom is 0.282 e. The molecule has 1 aliphatic rings. The van der Waals surface area contributed by atoms with Crippen LogP contribution < -0.4 is 0 Å². The van der Waals surface area contributed by atoms with E-state index in [-0.39, 0.29) is 44.4 Å². The van der Waals surface area contributed by atoms with Gasteiger partial charge in [0.15, 0.2) is 0 Å². The lowest BCUT2D eigenvalue weighted by Gasteiger charge is -2.33. The van der Waals surface area contributed by atoms with E-state index in [0.717, 1.165) is 24.1 Å². The molecule has 0 N–H and O–H groups in total. The van der Waals surface area contributed by atoms with Gasteiger partial charge in [0, 0.05) is 58.8 Å². The third-order valence-corrected chi connectivity index (χ3v) is 11.0. The lowest BCUT2D eigenvalue weighted by molar-refractivity contribution is 0.182. The highest BCUT2D eigenvalue weighted by atomic mass is 35.5. The van der Waals surface area contributed by atoms with Gasteiger partial charge in [-0.05, 0) is 80.9 Å². The van der Waals surface area contributed by atoms with Gasteiger partial charge in [-0.15, -0.1) is 0 Å². The summed E-state index contributed by atoms with van der Waals surface area (Å²) in [4.78, 5) is 41.1. The van der Waals surface area contributed by atoms with E-state index < -0.39 is 0 Å². The molecule has 1 rings (SSSR count). The third kappa shape index (κ3) is 21.2. The molecule has 14 heteroatoms. The molecule has 0 heterocycles. The van der Waals surface area contributed by atoms with Crippen molar-refractivity contribution >= 4 is 109 Å². The second-order valence-electron chi connectivity index (χ2n) is 11.3. The molecule has 0 bridgehead atoms. The monoisotopic (exact) mass is 787 g/mol. The smallest absolute Gasteiger partial charge is 0.282 e. The second-order valence-corrected chi connectivity index (χ2v) is 16.5. The largest absolute Gasteiger partial charge is 0.331 e. The van der Waals surface area contributed by atoms with E-state index in [4.69, 9.17) is 58.0 Å². The molecule has 0 radical (unpaired) electrons. The molecule has 3 amide bonds. The van der Waals surface area contributed by atoms with Gasteiger partial charge in [0.25, 0.3) is 15.7 Å². The highest BCUT2D eigenvalue weighted by Crippen LogP contribution is 2.26. The number of hydrogen-bond acceptors (Lipinski definition) is 6. The van der Waals surface area contributed by atoms with Crippen LogP contribution in [0.15, 0.2) is 20.1 Å². The second kappa shape index (κ2) is 27.2. The highest BCUT2D eigenvalue weighted by Gasteiger charge is 2.24. The summed E-state index contributed by atoms with van der Waals surface area (Å²) in [6.07, 6.45) is 6.37. The zero-order valence-electron chi connectivity index (χ0n) is 28.5. The van der Waals surface area contributed by atoms with Crippen LogP contribution in [-0.2, 0) is 0 Å². The van der Waals surface area contributed by atoms with Crippen LogP contribution in [0.4, 0.5) is 14.4 Å². The van der Waals surface area contributed by atoms with E-state index in [1.54, 1.807) is 4.90 Å². The molecule has 0 atom stereocenters. The topological polar surface area (TPSA) is 60.9 Å². The SMILES string of the molecule is CC(C)N(C(=O)SCC(Cl)=C(Cl)Cl)C(C)C.CC(C)N(C(=O)SCC(Cl)=CCl)C(C)C.CCSC(=O)N(CC)C1CCCCC1. The van der Waals surface area contributed by atoms with E-state index in [0.29, 0.717) is 27.6 Å². The van der Waals surface area contributed by atoms with Crippen LogP contribution >= 0.6 is 93.3 Å². The quantitative estimate of drug-likeness (QED) is 0.208. The third-order valence-electron chi connectivity index (χ3n) is 6.48. The first-order valence-corrected chi connectivity index (χ1v) is 20.3. The van der Waals surface area contributed by atoms with E-state index in [1.165, 1.54) is 61.2 Å². The number of amides is 3. The number of rotatable bonds is 11. The molecular weight excluding hydrogens is 736 g/mol. The number of halogens is 5. The first-order chi connectivity index (χ1) is 21.0. The Morgan fingerprint density at radius 3 is 1.44 bits per heavy atom. The Morgan fingerprint density at radius 1 is 0.689 bits per heavy atom. The van der Waals surface area contributed by atoms with Crippen molar-refractivity contribution in [3.05, 3.63) is 20.1 Å². The molecule has 0 unspecified atom stereocenters. The van der Waals surface area contributed by atoms with Crippen molar-refractivity contribution in [3.8, 4) is 0 Å². The molecule has 1 saturated carbocycles. The van der Waals surface area contributed by atoms with E-state index in [1.807, 2.05) is 67.2 Å². The van der Waals surface area contributed by atoms with Gasteiger partial charge in [0.05, 0.1) is 5.03 Å². The Balaban J connectivity index is 0. The van der Waals surface area contributed by atoms with Crippen molar-refractivity contribution in [1.82, 2.24) is 14.7 Å². The zero-order chi connectivity index (χ0) is 35.3.